The molecule has 4 aliphatic rings. The Labute approximate surface area is 180 Å². The number of rotatable bonds is 2. The van der Waals surface area contributed by atoms with Gasteiger partial charge < -0.3 is 10.6 Å². The van der Waals surface area contributed by atoms with Crippen LogP contribution in [0.5, 0.6) is 0 Å². The molecule has 1 saturated heterocycles. The van der Waals surface area contributed by atoms with Crippen LogP contribution in [0, 0.1) is 40.4 Å². The SMILES string of the molecule is CC1CC2NC(=O)CCC2(C)C2CCC3(C)C(C(=O)Nc4ccccc4)CCC3C12. The molecule has 1 aromatic rings. The van der Waals surface area contributed by atoms with Crippen molar-refractivity contribution in [3.05, 3.63) is 30.3 Å². The molecule has 0 radical (unpaired) electrons. The molecule has 0 spiro atoms. The maximum Gasteiger partial charge on any atom is 0.228 e. The molecule has 5 rings (SSSR count). The summed E-state index contributed by atoms with van der Waals surface area (Å²) in [4.78, 5) is 25.4. The van der Waals surface area contributed by atoms with Crippen LogP contribution in [0.1, 0.15) is 65.7 Å². The number of piperidine rings is 1. The van der Waals surface area contributed by atoms with Crippen molar-refractivity contribution in [2.45, 2.75) is 71.8 Å². The molecule has 8 atom stereocenters. The number of carbonyl (C=O) groups excluding carboxylic acids is 2. The van der Waals surface area contributed by atoms with Gasteiger partial charge in [0.1, 0.15) is 0 Å². The van der Waals surface area contributed by atoms with Gasteiger partial charge in [-0.25, -0.2) is 0 Å². The molecule has 30 heavy (non-hydrogen) atoms. The maximum absolute atomic E-state index is 13.3. The number of amides is 2. The second-order valence-electron chi connectivity index (χ2n) is 11.2. The van der Waals surface area contributed by atoms with Crippen LogP contribution in [0.3, 0.4) is 0 Å². The molecular weight excluding hydrogens is 372 g/mol. The Hall–Kier alpha value is -1.84. The molecule has 2 N–H and O–H groups in total. The summed E-state index contributed by atoms with van der Waals surface area (Å²) < 4.78 is 0. The van der Waals surface area contributed by atoms with Gasteiger partial charge in [-0.05, 0) is 85.2 Å². The van der Waals surface area contributed by atoms with E-state index in [4.69, 9.17) is 0 Å². The smallest absolute Gasteiger partial charge is 0.228 e. The monoisotopic (exact) mass is 408 g/mol. The third kappa shape index (κ3) is 2.93. The van der Waals surface area contributed by atoms with Crippen molar-refractivity contribution in [1.82, 2.24) is 5.32 Å². The predicted octanol–water partition coefficient (Wildman–Crippen LogP) is 5.01. The van der Waals surface area contributed by atoms with Crippen molar-refractivity contribution >= 4 is 17.5 Å². The molecule has 0 bridgehead atoms. The van der Waals surface area contributed by atoms with Gasteiger partial charge in [0.15, 0.2) is 0 Å². The quantitative estimate of drug-likeness (QED) is 0.723. The van der Waals surface area contributed by atoms with Crippen LogP contribution in [0.25, 0.3) is 0 Å². The first-order chi connectivity index (χ1) is 14.3. The number of hydrogen-bond donors (Lipinski definition) is 2. The van der Waals surface area contributed by atoms with Gasteiger partial charge in [0.2, 0.25) is 11.8 Å². The molecular formula is C26H36N2O2. The summed E-state index contributed by atoms with van der Waals surface area (Å²) in [6.45, 7) is 7.25. The first-order valence-electron chi connectivity index (χ1n) is 12.0. The van der Waals surface area contributed by atoms with Crippen LogP contribution in [-0.4, -0.2) is 17.9 Å². The third-order valence-corrected chi connectivity index (χ3v) is 9.82. The van der Waals surface area contributed by atoms with Crippen molar-refractivity contribution in [2.24, 2.45) is 40.4 Å². The molecule has 1 aromatic carbocycles. The van der Waals surface area contributed by atoms with Crippen molar-refractivity contribution < 1.29 is 9.59 Å². The molecule has 1 heterocycles. The Balaban J connectivity index is 1.39. The number of benzene rings is 1. The Bertz CT molecular complexity index is 839. The molecule has 1 aliphatic heterocycles. The maximum atomic E-state index is 13.3. The van der Waals surface area contributed by atoms with E-state index in [1.807, 2.05) is 30.3 Å². The summed E-state index contributed by atoms with van der Waals surface area (Å²) in [5.74, 6) is 3.12. The number of para-hydroxylation sites is 1. The fraction of sp³-hybridized carbons (Fsp3) is 0.692. The van der Waals surface area contributed by atoms with Crippen LogP contribution in [0.4, 0.5) is 5.69 Å². The highest BCUT2D eigenvalue weighted by atomic mass is 16.2. The van der Waals surface area contributed by atoms with E-state index in [9.17, 15) is 9.59 Å². The minimum atomic E-state index is 0.0927. The van der Waals surface area contributed by atoms with E-state index in [2.05, 4.69) is 31.4 Å². The zero-order chi connectivity index (χ0) is 21.1. The number of carbonyl (C=O) groups is 2. The Kier molecular flexibility index (Phi) is 4.75. The largest absolute Gasteiger partial charge is 0.353 e. The molecule has 4 nitrogen and oxygen atoms in total. The Morgan fingerprint density at radius 2 is 1.77 bits per heavy atom. The first-order valence-corrected chi connectivity index (χ1v) is 12.0. The summed E-state index contributed by atoms with van der Waals surface area (Å²) in [6, 6.07) is 10.2. The predicted molar refractivity (Wildman–Crippen MR) is 119 cm³/mol. The minimum Gasteiger partial charge on any atom is -0.353 e. The van der Waals surface area contributed by atoms with Crippen LogP contribution in [0.15, 0.2) is 30.3 Å². The van der Waals surface area contributed by atoms with Gasteiger partial charge in [0.25, 0.3) is 0 Å². The van der Waals surface area contributed by atoms with Gasteiger partial charge in [-0.15, -0.1) is 0 Å². The van der Waals surface area contributed by atoms with Crippen LogP contribution < -0.4 is 10.6 Å². The van der Waals surface area contributed by atoms with Crippen molar-refractivity contribution in [2.75, 3.05) is 5.32 Å². The van der Waals surface area contributed by atoms with E-state index in [1.54, 1.807) is 0 Å². The Morgan fingerprint density at radius 3 is 2.53 bits per heavy atom. The zero-order valence-electron chi connectivity index (χ0n) is 18.6. The number of fused-ring (bicyclic) bond motifs is 5. The molecule has 4 fully saturated rings. The molecule has 0 aromatic heterocycles. The number of nitrogens with one attached hydrogen (secondary N) is 2. The molecule has 162 valence electrons. The summed E-state index contributed by atoms with van der Waals surface area (Å²) in [7, 11) is 0. The van der Waals surface area contributed by atoms with Gasteiger partial charge in [0, 0.05) is 24.1 Å². The highest BCUT2D eigenvalue weighted by Crippen LogP contribution is 2.66. The Morgan fingerprint density at radius 1 is 1.03 bits per heavy atom. The van der Waals surface area contributed by atoms with E-state index >= 15 is 0 Å². The summed E-state index contributed by atoms with van der Waals surface area (Å²) in [5, 5.41) is 6.54. The lowest BCUT2D eigenvalue weighted by atomic mass is 9.45. The fourth-order valence-corrected chi connectivity index (χ4v) is 8.23. The summed E-state index contributed by atoms with van der Waals surface area (Å²) in [5.41, 5.74) is 1.22. The van der Waals surface area contributed by atoms with E-state index in [0.717, 1.165) is 31.4 Å². The fourth-order valence-electron chi connectivity index (χ4n) is 8.23. The molecule has 4 heteroatoms. The number of anilines is 1. The molecule has 2 amide bonds. The van der Waals surface area contributed by atoms with Gasteiger partial charge >= 0.3 is 0 Å². The lowest BCUT2D eigenvalue weighted by molar-refractivity contribution is -0.146. The van der Waals surface area contributed by atoms with Crippen LogP contribution in [-0.2, 0) is 9.59 Å². The topological polar surface area (TPSA) is 58.2 Å². The minimum absolute atomic E-state index is 0.0927. The highest BCUT2D eigenvalue weighted by molar-refractivity contribution is 5.93. The lowest BCUT2D eigenvalue weighted by Gasteiger charge is -2.62. The van der Waals surface area contributed by atoms with E-state index < -0.39 is 0 Å². The zero-order valence-corrected chi connectivity index (χ0v) is 18.6. The normalized spacial score (nSPS) is 45.0. The van der Waals surface area contributed by atoms with Crippen molar-refractivity contribution in [3.63, 3.8) is 0 Å². The van der Waals surface area contributed by atoms with E-state index in [-0.39, 0.29) is 28.6 Å². The van der Waals surface area contributed by atoms with Crippen molar-refractivity contribution in [1.29, 1.82) is 0 Å². The lowest BCUT2D eigenvalue weighted by Crippen LogP contribution is -2.63. The van der Waals surface area contributed by atoms with Gasteiger partial charge in [0.05, 0.1) is 0 Å². The summed E-state index contributed by atoms with van der Waals surface area (Å²) in [6.07, 6.45) is 7.30. The molecule has 8 unspecified atom stereocenters. The average molecular weight is 409 g/mol. The van der Waals surface area contributed by atoms with E-state index in [1.165, 1.54) is 12.8 Å². The first kappa shape index (κ1) is 20.1. The van der Waals surface area contributed by atoms with Gasteiger partial charge in [-0.2, -0.15) is 0 Å². The highest BCUT2D eigenvalue weighted by Gasteiger charge is 2.62. The van der Waals surface area contributed by atoms with Gasteiger partial charge in [-0.3, -0.25) is 9.59 Å². The second kappa shape index (κ2) is 7.10. The molecule has 3 saturated carbocycles. The number of hydrogen-bond acceptors (Lipinski definition) is 2. The molecule has 3 aliphatic carbocycles. The van der Waals surface area contributed by atoms with E-state index in [0.29, 0.717) is 36.1 Å². The standard InChI is InChI=1S/C26H36N2O2/c1-16-15-21-26(3,14-12-22(29)28-21)19-11-13-25(2)18(23(16)19)9-10-20(25)24(30)27-17-7-5-4-6-8-17/h4-8,16,18-21,23H,9-15H2,1-3H3,(H,27,30)(H,28,29). The van der Waals surface area contributed by atoms with Crippen molar-refractivity contribution in [3.8, 4) is 0 Å². The summed E-state index contributed by atoms with van der Waals surface area (Å²) >= 11 is 0. The van der Waals surface area contributed by atoms with Crippen LogP contribution >= 0.6 is 0 Å². The third-order valence-electron chi connectivity index (χ3n) is 9.82. The second-order valence-corrected chi connectivity index (χ2v) is 11.2. The average Bonchev–Trinajstić information content (AvgIpc) is 3.07. The van der Waals surface area contributed by atoms with Gasteiger partial charge in [-0.1, -0.05) is 39.0 Å². The van der Waals surface area contributed by atoms with Crippen LogP contribution in [0.2, 0.25) is 0 Å².